The summed E-state index contributed by atoms with van der Waals surface area (Å²) in [5.41, 5.74) is 14.1. The van der Waals surface area contributed by atoms with Crippen molar-refractivity contribution in [3.05, 3.63) is 245 Å². The number of benzene rings is 9. The minimum atomic E-state index is -0.623. The molecule has 2 aromatic heterocycles. The van der Waals surface area contributed by atoms with Crippen LogP contribution in [0.4, 0.5) is 5.69 Å². The van der Waals surface area contributed by atoms with Gasteiger partial charge in [0.1, 0.15) is 0 Å². The van der Waals surface area contributed by atoms with Gasteiger partial charge in [0, 0.05) is 27.1 Å². The van der Waals surface area contributed by atoms with Gasteiger partial charge in [0.05, 0.1) is 68.7 Å². The normalized spacial score (nSPS) is 12.5. The van der Waals surface area contributed by atoms with Crippen LogP contribution in [0.3, 0.4) is 0 Å². The second kappa shape index (κ2) is 13.8. The maximum atomic E-state index is 11.1. The van der Waals surface area contributed by atoms with Gasteiger partial charge in [-0.2, -0.15) is 10.5 Å². The van der Waals surface area contributed by atoms with Crippen LogP contribution in [-0.2, 0) is 5.41 Å². The maximum absolute atomic E-state index is 11.1. The van der Waals surface area contributed by atoms with E-state index in [-0.39, 0.29) is 11.3 Å². The largest absolute Gasteiger partial charge is 0.319 e. The van der Waals surface area contributed by atoms with Gasteiger partial charge in [-0.1, -0.05) is 152 Å². The second-order valence-electron chi connectivity index (χ2n) is 16.1. The highest BCUT2D eigenvalue weighted by atomic mass is 15.0. The van der Waals surface area contributed by atoms with E-state index in [4.69, 9.17) is 6.57 Å². The van der Waals surface area contributed by atoms with Crippen molar-refractivity contribution in [1.29, 1.82) is 10.5 Å². The Balaban J connectivity index is 1.17. The van der Waals surface area contributed by atoms with Gasteiger partial charge in [0.2, 0.25) is 5.69 Å². The highest BCUT2D eigenvalue weighted by Crippen LogP contribution is 2.57. The van der Waals surface area contributed by atoms with E-state index in [9.17, 15) is 10.5 Å². The number of hydrogen-bond donors (Lipinski definition) is 0. The van der Waals surface area contributed by atoms with Crippen molar-refractivity contribution in [2.75, 3.05) is 0 Å². The van der Waals surface area contributed by atoms with E-state index < -0.39 is 5.41 Å². The smallest absolute Gasteiger partial charge is 0.228 e. The highest BCUT2D eigenvalue weighted by Gasteiger charge is 2.46. The van der Waals surface area contributed by atoms with E-state index in [0.29, 0.717) is 16.8 Å². The van der Waals surface area contributed by atoms with Crippen LogP contribution in [0, 0.1) is 29.2 Å². The van der Waals surface area contributed by atoms with E-state index in [1.54, 1.807) is 6.07 Å². The Kier molecular flexibility index (Phi) is 7.87. The summed E-state index contributed by atoms with van der Waals surface area (Å²) in [5, 5.41) is 25.8. The van der Waals surface area contributed by atoms with Crippen molar-refractivity contribution < 1.29 is 0 Å². The molecule has 63 heavy (non-hydrogen) atoms. The molecule has 0 amide bonds. The van der Waals surface area contributed by atoms with E-state index in [1.807, 2.05) is 54.6 Å². The molecule has 290 valence electrons. The van der Waals surface area contributed by atoms with Gasteiger partial charge in [-0.05, 0) is 87.5 Å². The van der Waals surface area contributed by atoms with E-state index >= 15 is 0 Å². The summed E-state index contributed by atoms with van der Waals surface area (Å²) < 4.78 is 4.35. The molecule has 0 saturated carbocycles. The third-order valence-corrected chi connectivity index (χ3v) is 13.1. The minimum absolute atomic E-state index is 0.269. The molecule has 0 aliphatic heterocycles. The molecule has 0 spiro atoms. The number of nitriles is 2. The van der Waals surface area contributed by atoms with Gasteiger partial charge in [-0.15, -0.1) is 0 Å². The first kappa shape index (κ1) is 35.9. The highest BCUT2D eigenvalue weighted by molar-refractivity contribution is 6.13. The molecule has 11 aromatic rings. The summed E-state index contributed by atoms with van der Waals surface area (Å²) in [6, 6.07) is 74.2. The molecule has 0 radical (unpaired) electrons. The Morgan fingerprint density at radius 1 is 0.413 bits per heavy atom. The standard InChI is InChI=1S/C58H33N5/c1-61-57-48(36-60)40(30-31-54(57)62-51-25-13-9-21-42(51)43-22-10-14-26-52(43)62)45-29-28-37(35-59)32-55(45)63-53-27-15-11-23-44(53)47-33-46-41-20-8-12-24-49(41)58(50(46)34-56(47)63,38-16-4-2-5-17-38)39-18-6-3-7-19-39/h2-34H. The summed E-state index contributed by atoms with van der Waals surface area (Å²) in [6.07, 6.45) is 0. The molecule has 5 nitrogen and oxygen atoms in total. The first-order valence-corrected chi connectivity index (χ1v) is 20.9. The van der Waals surface area contributed by atoms with Crippen molar-refractivity contribution in [3.63, 3.8) is 0 Å². The molecule has 0 unspecified atom stereocenters. The molecule has 1 aliphatic rings. The van der Waals surface area contributed by atoms with Crippen molar-refractivity contribution in [1.82, 2.24) is 9.13 Å². The predicted molar refractivity (Wildman–Crippen MR) is 254 cm³/mol. The van der Waals surface area contributed by atoms with Crippen LogP contribution >= 0.6 is 0 Å². The molecule has 0 atom stereocenters. The van der Waals surface area contributed by atoms with Gasteiger partial charge in [-0.25, -0.2) is 4.85 Å². The van der Waals surface area contributed by atoms with Gasteiger partial charge in [0.25, 0.3) is 0 Å². The number of para-hydroxylation sites is 3. The van der Waals surface area contributed by atoms with Crippen LogP contribution in [0.25, 0.3) is 82.1 Å². The fraction of sp³-hybridized carbons (Fsp3) is 0.0172. The first-order valence-electron chi connectivity index (χ1n) is 20.9. The summed E-state index contributed by atoms with van der Waals surface area (Å²) in [5.74, 6) is 0. The van der Waals surface area contributed by atoms with Gasteiger partial charge in [0.15, 0.2) is 0 Å². The lowest BCUT2D eigenvalue weighted by molar-refractivity contribution is 0.769. The number of aromatic nitrogens is 2. The lowest BCUT2D eigenvalue weighted by Crippen LogP contribution is -2.28. The zero-order valence-corrected chi connectivity index (χ0v) is 33.8. The third kappa shape index (κ3) is 4.95. The van der Waals surface area contributed by atoms with Gasteiger partial charge >= 0.3 is 0 Å². The van der Waals surface area contributed by atoms with Crippen LogP contribution in [0.15, 0.2) is 200 Å². The van der Waals surface area contributed by atoms with Crippen molar-refractivity contribution in [3.8, 4) is 45.8 Å². The molecular formula is C58H33N5. The van der Waals surface area contributed by atoms with E-state index in [1.165, 1.54) is 33.4 Å². The SMILES string of the molecule is [C-]#[N+]c1c(-n2c3ccccc3c3ccccc32)ccc(-c2ccc(C#N)cc2-n2c3ccccc3c3cc4c(cc32)C(c2ccccc2)(c2ccccc2)c2ccccc2-4)c1C#N. The molecular weight excluding hydrogens is 767 g/mol. The van der Waals surface area contributed by atoms with Crippen molar-refractivity contribution >= 4 is 49.3 Å². The summed E-state index contributed by atoms with van der Waals surface area (Å²) in [4.78, 5) is 4.10. The van der Waals surface area contributed by atoms with Crippen LogP contribution in [-0.4, -0.2) is 9.13 Å². The molecule has 5 heteroatoms. The lowest BCUT2D eigenvalue weighted by atomic mass is 9.67. The molecule has 9 aromatic carbocycles. The summed E-state index contributed by atoms with van der Waals surface area (Å²) in [7, 11) is 0. The molecule has 0 N–H and O–H groups in total. The lowest BCUT2D eigenvalue weighted by Gasteiger charge is -2.34. The number of fused-ring (bicyclic) bond motifs is 9. The van der Waals surface area contributed by atoms with Gasteiger partial charge < -0.3 is 9.13 Å². The monoisotopic (exact) mass is 799 g/mol. The van der Waals surface area contributed by atoms with E-state index in [0.717, 1.165) is 54.9 Å². The first-order chi connectivity index (χ1) is 31.1. The maximum Gasteiger partial charge on any atom is 0.228 e. The number of hydrogen-bond acceptors (Lipinski definition) is 2. The Bertz CT molecular complexity index is 3740. The average Bonchev–Trinajstić information content (AvgIpc) is 3.97. The Labute approximate surface area is 363 Å². The Morgan fingerprint density at radius 3 is 1.56 bits per heavy atom. The quantitative estimate of drug-likeness (QED) is 0.163. The Morgan fingerprint density at radius 2 is 0.952 bits per heavy atom. The summed E-state index contributed by atoms with van der Waals surface area (Å²) in [6.45, 7) is 8.60. The molecule has 2 heterocycles. The Hall–Kier alpha value is -8.95. The van der Waals surface area contributed by atoms with E-state index in [2.05, 4.69) is 166 Å². The average molecular weight is 800 g/mol. The van der Waals surface area contributed by atoms with Crippen molar-refractivity contribution in [2.45, 2.75) is 5.41 Å². The zero-order chi connectivity index (χ0) is 42.2. The minimum Gasteiger partial charge on any atom is -0.319 e. The third-order valence-electron chi connectivity index (χ3n) is 13.1. The van der Waals surface area contributed by atoms with Crippen LogP contribution in [0.5, 0.6) is 0 Å². The molecule has 0 saturated heterocycles. The molecule has 0 bridgehead atoms. The van der Waals surface area contributed by atoms with Crippen molar-refractivity contribution in [2.24, 2.45) is 0 Å². The predicted octanol–water partition coefficient (Wildman–Crippen LogP) is 14.2. The fourth-order valence-electron chi connectivity index (χ4n) is 10.6. The summed E-state index contributed by atoms with van der Waals surface area (Å²) >= 11 is 0. The van der Waals surface area contributed by atoms with Crippen LogP contribution in [0.1, 0.15) is 33.4 Å². The number of rotatable bonds is 5. The molecule has 0 fully saturated rings. The molecule has 12 rings (SSSR count). The fourth-order valence-corrected chi connectivity index (χ4v) is 10.6. The second-order valence-corrected chi connectivity index (χ2v) is 16.1. The zero-order valence-electron chi connectivity index (χ0n) is 33.8. The van der Waals surface area contributed by atoms with Crippen LogP contribution in [0.2, 0.25) is 0 Å². The molecule has 1 aliphatic carbocycles. The topological polar surface area (TPSA) is 61.8 Å². The van der Waals surface area contributed by atoms with Gasteiger partial charge in [-0.3, -0.25) is 0 Å². The van der Waals surface area contributed by atoms with Crippen LogP contribution < -0.4 is 0 Å². The number of nitrogens with zero attached hydrogens (tertiary/aromatic N) is 5.